The molecule has 0 aliphatic carbocycles. The molecule has 3 aromatic carbocycles. The third-order valence-corrected chi connectivity index (χ3v) is 6.99. The van der Waals surface area contributed by atoms with Gasteiger partial charge in [0.15, 0.2) is 0 Å². The third kappa shape index (κ3) is 4.11. The van der Waals surface area contributed by atoms with Gasteiger partial charge in [0.05, 0.1) is 36.1 Å². The highest BCUT2D eigenvalue weighted by Gasteiger charge is 2.43. The Morgan fingerprint density at radius 3 is 2.42 bits per heavy atom. The molecule has 2 N–H and O–H groups in total. The van der Waals surface area contributed by atoms with Gasteiger partial charge in [-0.15, -0.1) is 0 Å². The highest BCUT2D eigenvalue weighted by atomic mass is 16.5. The molecule has 4 aromatic rings. The number of amides is 2. The maximum atomic E-state index is 14.1. The van der Waals surface area contributed by atoms with Crippen LogP contribution in [0.15, 0.2) is 72.8 Å². The number of likely N-dealkylation sites (N-methyl/N-ethyl adjacent to an activating group) is 1. The number of nitrogens with zero attached hydrogens (tertiary/aromatic N) is 2. The molecule has 0 saturated carbocycles. The summed E-state index contributed by atoms with van der Waals surface area (Å²) in [5, 5.41) is 3.27. The van der Waals surface area contributed by atoms with Gasteiger partial charge in [-0.25, -0.2) is 4.98 Å². The number of benzene rings is 3. The van der Waals surface area contributed by atoms with E-state index in [4.69, 9.17) is 9.72 Å². The second-order valence-corrected chi connectivity index (χ2v) is 9.57. The summed E-state index contributed by atoms with van der Waals surface area (Å²) >= 11 is 0. The highest BCUT2D eigenvalue weighted by Crippen LogP contribution is 2.43. The lowest BCUT2D eigenvalue weighted by Gasteiger charge is -2.40. The molecule has 5 rings (SSSR count). The van der Waals surface area contributed by atoms with Crippen LogP contribution in [0.4, 0.5) is 0 Å². The van der Waals surface area contributed by atoms with Crippen molar-refractivity contribution in [1.29, 1.82) is 0 Å². The molecule has 3 atom stereocenters. The molecule has 7 nitrogen and oxygen atoms in total. The number of para-hydroxylation sites is 2. The van der Waals surface area contributed by atoms with E-state index in [1.165, 1.54) is 0 Å². The highest BCUT2D eigenvalue weighted by molar-refractivity contribution is 6.01. The number of ether oxygens (including phenoxy) is 1. The van der Waals surface area contributed by atoms with Gasteiger partial charge in [0.1, 0.15) is 11.6 Å². The number of carbonyl (C=O) groups is 2. The lowest BCUT2D eigenvalue weighted by molar-refractivity contribution is -0.125. The lowest BCUT2D eigenvalue weighted by Crippen LogP contribution is -2.46. The predicted octanol–water partition coefficient (Wildman–Crippen LogP) is 5.00. The summed E-state index contributed by atoms with van der Waals surface area (Å²) in [7, 11) is 3.37. The van der Waals surface area contributed by atoms with Crippen LogP contribution in [0.3, 0.4) is 0 Å². The predicted molar refractivity (Wildman–Crippen MR) is 139 cm³/mol. The number of methoxy groups -OCH3 is 1. The molecule has 0 bridgehead atoms. The fourth-order valence-corrected chi connectivity index (χ4v) is 5.09. The fourth-order valence-electron chi connectivity index (χ4n) is 5.09. The Hall–Kier alpha value is -4.13. The molecule has 1 aromatic heterocycles. The minimum atomic E-state index is -0.595. The molecule has 1 aliphatic heterocycles. The number of aromatic nitrogens is 2. The van der Waals surface area contributed by atoms with E-state index in [1.54, 1.807) is 25.1 Å². The maximum absolute atomic E-state index is 14.1. The molecule has 36 heavy (non-hydrogen) atoms. The average Bonchev–Trinajstić information content (AvgIpc) is 3.33. The van der Waals surface area contributed by atoms with Crippen molar-refractivity contribution in [3.63, 3.8) is 0 Å². The van der Waals surface area contributed by atoms with Crippen LogP contribution in [-0.4, -0.2) is 40.8 Å². The van der Waals surface area contributed by atoms with E-state index in [0.29, 0.717) is 11.4 Å². The Balaban J connectivity index is 1.56. The van der Waals surface area contributed by atoms with Crippen LogP contribution in [-0.2, 0) is 4.79 Å². The molecule has 7 heteroatoms. The van der Waals surface area contributed by atoms with Gasteiger partial charge in [0.25, 0.3) is 5.91 Å². The van der Waals surface area contributed by atoms with Crippen LogP contribution in [0, 0.1) is 5.92 Å². The van der Waals surface area contributed by atoms with Gasteiger partial charge >= 0.3 is 0 Å². The van der Waals surface area contributed by atoms with Crippen molar-refractivity contribution in [2.75, 3.05) is 14.2 Å². The number of fused-ring (bicyclic) bond motifs is 2. The van der Waals surface area contributed by atoms with Crippen LogP contribution in [0.5, 0.6) is 5.75 Å². The molecule has 0 radical (unpaired) electrons. The summed E-state index contributed by atoms with van der Waals surface area (Å²) in [6.07, 6.45) is 0. The maximum Gasteiger partial charge on any atom is 0.254 e. The average molecular weight is 483 g/mol. The molecular weight excluding hydrogens is 452 g/mol. The van der Waals surface area contributed by atoms with E-state index in [2.05, 4.69) is 24.1 Å². The van der Waals surface area contributed by atoms with Crippen molar-refractivity contribution < 1.29 is 14.3 Å². The monoisotopic (exact) mass is 482 g/mol. The number of carbonyl (C=O) groups excluding carboxylic acids is 2. The first-order valence-corrected chi connectivity index (χ1v) is 12.1. The number of imidazole rings is 1. The minimum Gasteiger partial charge on any atom is -0.497 e. The first kappa shape index (κ1) is 23.6. The zero-order valence-electron chi connectivity index (χ0n) is 20.9. The summed E-state index contributed by atoms with van der Waals surface area (Å²) in [6.45, 7) is 4.12. The van der Waals surface area contributed by atoms with Gasteiger partial charge in [-0.3, -0.25) is 9.59 Å². The number of H-pyrrole nitrogens is 1. The van der Waals surface area contributed by atoms with E-state index in [-0.39, 0.29) is 23.8 Å². The Morgan fingerprint density at radius 2 is 1.72 bits per heavy atom. The van der Waals surface area contributed by atoms with Crippen molar-refractivity contribution in [2.24, 2.45) is 5.92 Å². The largest absolute Gasteiger partial charge is 0.497 e. The number of rotatable bonds is 6. The summed E-state index contributed by atoms with van der Waals surface area (Å²) in [6, 6.07) is 22.0. The summed E-state index contributed by atoms with van der Waals surface area (Å²) in [5.74, 6) is 0.675. The SMILES string of the molecule is COc1ccc([C@@H]2[C@@H](C(=O)N[C@H](c3nc4ccccc4[nH]3)C(C)C)c3ccccc3C(=O)N2C)cc1. The normalized spacial score (nSPS) is 18.2. The number of hydrogen-bond acceptors (Lipinski definition) is 4. The van der Waals surface area contributed by atoms with Crippen molar-refractivity contribution in [3.05, 3.63) is 95.3 Å². The Kier molecular flexibility index (Phi) is 6.22. The minimum absolute atomic E-state index is 0.0899. The quantitative estimate of drug-likeness (QED) is 0.405. The third-order valence-electron chi connectivity index (χ3n) is 6.99. The molecular formula is C29H30N4O3. The molecule has 0 saturated heterocycles. The van der Waals surface area contributed by atoms with Crippen molar-refractivity contribution in [3.8, 4) is 5.75 Å². The molecule has 184 valence electrons. The van der Waals surface area contributed by atoms with Crippen molar-refractivity contribution in [1.82, 2.24) is 20.2 Å². The van der Waals surface area contributed by atoms with Gasteiger partial charge in [0, 0.05) is 12.6 Å². The van der Waals surface area contributed by atoms with Crippen LogP contribution in [0.2, 0.25) is 0 Å². The molecule has 2 amide bonds. The fraction of sp³-hybridized carbons (Fsp3) is 0.276. The molecule has 2 heterocycles. The van der Waals surface area contributed by atoms with Gasteiger partial charge in [-0.1, -0.05) is 56.3 Å². The van der Waals surface area contributed by atoms with Gasteiger partial charge < -0.3 is 19.9 Å². The van der Waals surface area contributed by atoms with Gasteiger partial charge in [0.2, 0.25) is 5.91 Å². The topological polar surface area (TPSA) is 87.3 Å². The summed E-state index contributed by atoms with van der Waals surface area (Å²) in [5.41, 5.74) is 3.93. The molecule has 1 aliphatic rings. The van der Waals surface area contributed by atoms with Crippen LogP contribution < -0.4 is 10.1 Å². The molecule has 0 unspecified atom stereocenters. The van der Waals surface area contributed by atoms with Crippen LogP contribution in [0.1, 0.15) is 59.2 Å². The van der Waals surface area contributed by atoms with E-state index in [0.717, 1.165) is 27.9 Å². The van der Waals surface area contributed by atoms with Crippen LogP contribution in [0.25, 0.3) is 11.0 Å². The van der Waals surface area contributed by atoms with Crippen molar-refractivity contribution in [2.45, 2.75) is 31.8 Å². The second-order valence-electron chi connectivity index (χ2n) is 9.57. The smallest absolute Gasteiger partial charge is 0.254 e. The number of aromatic amines is 1. The van der Waals surface area contributed by atoms with E-state index >= 15 is 0 Å². The summed E-state index contributed by atoms with van der Waals surface area (Å²) in [4.78, 5) is 37.2. The lowest BCUT2D eigenvalue weighted by atomic mass is 9.79. The zero-order valence-corrected chi connectivity index (χ0v) is 20.9. The number of hydrogen-bond donors (Lipinski definition) is 2. The molecule has 0 fully saturated rings. The zero-order chi connectivity index (χ0) is 25.4. The first-order valence-electron chi connectivity index (χ1n) is 12.1. The molecule has 0 spiro atoms. The standard InChI is InChI=1S/C29H30N4O3/c1-17(2)25(27-30-22-11-7-8-12-23(22)31-27)32-28(34)24-20-9-5-6-10-21(20)29(35)33(3)26(24)18-13-15-19(36-4)16-14-18/h5-17,24-26H,1-4H3,(H,30,31)(H,32,34)/t24-,25-,26+/m0/s1. The van der Waals surface area contributed by atoms with Gasteiger partial charge in [-0.2, -0.15) is 0 Å². The Bertz CT molecular complexity index is 1380. The van der Waals surface area contributed by atoms with E-state index in [9.17, 15) is 9.59 Å². The number of nitrogens with one attached hydrogen (secondary N) is 2. The van der Waals surface area contributed by atoms with Gasteiger partial charge in [-0.05, 0) is 47.4 Å². The summed E-state index contributed by atoms with van der Waals surface area (Å²) < 4.78 is 5.32. The van der Waals surface area contributed by atoms with Crippen molar-refractivity contribution >= 4 is 22.8 Å². The second kappa shape index (κ2) is 9.49. The van der Waals surface area contributed by atoms with E-state index < -0.39 is 12.0 Å². The Labute approximate surface area is 210 Å². The Morgan fingerprint density at radius 1 is 1.03 bits per heavy atom. The van der Waals surface area contributed by atoms with Crippen LogP contribution >= 0.6 is 0 Å². The van der Waals surface area contributed by atoms with E-state index in [1.807, 2.05) is 66.7 Å². The first-order chi connectivity index (χ1) is 17.4.